The van der Waals surface area contributed by atoms with Crippen molar-refractivity contribution in [1.29, 1.82) is 0 Å². The van der Waals surface area contributed by atoms with Crippen molar-refractivity contribution in [1.82, 2.24) is 5.43 Å². The maximum atomic E-state index is 10.6. The first-order valence-electron chi connectivity index (χ1n) is 6.00. The molecule has 1 saturated carbocycles. The number of urea groups is 1. The summed E-state index contributed by atoms with van der Waals surface area (Å²) in [6, 6.07) is -0.587. The third-order valence-electron chi connectivity index (χ3n) is 3.69. The van der Waals surface area contributed by atoms with Gasteiger partial charge in [-0.15, -0.1) is 0 Å². The lowest BCUT2D eigenvalue weighted by molar-refractivity contribution is 0.249. The zero-order valence-corrected chi connectivity index (χ0v) is 9.75. The molecule has 2 amide bonds. The van der Waals surface area contributed by atoms with Crippen molar-refractivity contribution < 1.29 is 4.79 Å². The summed E-state index contributed by atoms with van der Waals surface area (Å²) in [6.07, 6.45) is 7.30. The highest BCUT2D eigenvalue weighted by Gasteiger charge is 2.26. The zero-order valence-electron chi connectivity index (χ0n) is 9.75. The van der Waals surface area contributed by atoms with E-state index in [9.17, 15) is 4.79 Å². The number of carbonyl (C=O) groups is 1. The monoisotopic (exact) mass is 221 g/mol. The van der Waals surface area contributed by atoms with Gasteiger partial charge in [0.2, 0.25) is 0 Å². The van der Waals surface area contributed by atoms with E-state index in [4.69, 9.17) is 5.73 Å². The quantitative estimate of drug-likeness (QED) is 0.655. The fourth-order valence-electron chi connectivity index (χ4n) is 2.84. The summed E-state index contributed by atoms with van der Waals surface area (Å²) in [7, 11) is 0. The second kappa shape index (κ2) is 4.68. The van der Waals surface area contributed by atoms with Crippen molar-refractivity contribution in [2.45, 2.75) is 45.4 Å². The Balaban J connectivity index is 2.18. The summed E-state index contributed by atoms with van der Waals surface area (Å²) in [4.78, 5) is 10.6. The topological polar surface area (TPSA) is 67.5 Å². The number of rotatable bonds is 1. The van der Waals surface area contributed by atoms with Crippen molar-refractivity contribution in [3.05, 3.63) is 11.1 Å². The normalized spacial score (nSPS) is 27.8. The molecule has 0 aromatic heterocycles. The number of primary amides is 1. The maximum absolute atomic E-state index is 10.6. The van der Waals surface area contributed by atoms with Gasteiger partial charge < -0.3 is 5.73 Å². The SMILES string of the molecule is CC1=C2CCCCC2CCC1=NNC(N)=O. The Kier molecular flexibility index (Phi) is 3.27. The predicted molar refractivity (Wildman–Crippen MR) is 64.0 cm³/mol. The van der Waals surface area contributed by atoms with Crippen molar-refractivity contribution in [2.75, 3.05) is 0 Å². The fourth-order valence-corrected chi connectivity index (χ4v) is 2.84. The van der Waals surface area contributed by atoms with Crippen LogP contribution in [0.3, 0.4) is 0 Å². The number of fused-ring (bicyclic) bond motifs is 1. The number of carbonyl (C=O) groups excluding carboxylic acids is 1. The maximum Gasteiger partial charge on any atom is 0.332 e. The van der Waals surface area contributed by atoms with Gasteiger partial charge in [0.1, 0.15) is 0 Å². The van der Waals surface area contributed by atoms with E-state index in [-0.39, 0.29) is 0 Å². The molecule has 0 saturated heterocycles. The second-order valence-corrected chi connectivity index (χ2v) is 4.67. The van der Waals surface area contributed by atoms with Crippen LogP contribution in [0.25, 0.3) is 0 Å². The molecular formula is C12H19N3O. The minimum absolute atomic E-state index is 0.587. The molecule has 2 aliphatic rings. The van der Waals surface area contributed by atoms with Gasteiger partial charge in [0, 0.05) is 0 Å². The van der Waals surface area contributed by atoms with Gasteiger partial charge in [-0.05, 0) is 50.5 Å². The van der Waals surface area contributed by atoms with Gasteiger partial charge in [-0.2, -0.15) is 5.10 Å². The first-order valence-corrected chi connectivity index (χ1v) is 6.00. The molecule has 0 spiro atoms. The van der Waals surface area contributed by atoms with Crippen molar-refractivity contribution >= 4 is 11.7 Å². The highest BCUT2D eigenvalue weighted by Crippen LogP contribution is 2.38. The van der Waals surface area contributed by atoms with Gasteiger partial charge in [-0.1, -0.05) is 12.0 Å². The van der Waals surface area contributed by atoms with Gasteiger partial charge in [0.15, 0.2) is 0 Å². The van der Waals surface area contributed by atoms with Crippen LogP contribution >= 0.6 is 0 Å². The van der Waals surface area contributed by atoms with Gasteiger partial charge in [-0.3, -0.25) is 0 Å². The molecule has 0 heterocycles. The number of hydrogen-bond acceptors (Lipinski definition) is 2. The molecule has 16 heavy (non-hydrogen) atoms. The molecule has 0 aromatic rings. The Labute approximate surface area is 96.0 Å². The molecule has 88 valence electrons. The molecule has 0 aromatic carbocycles. The third kappa shape index (κ3) is 2.26. The van der Waals surface area contributed by atoms with Crippen LogP contribution in [0.15, 0.2) is 16.2 Å². The largest absolute Gasteiger partial charge is 0.350 e. The van der Waals surface area contributed by atoms with E-state index in [1.54, 1.807) is 5.57 Å². The molecule has 1 fully saturated rings. The Hall–Kier alpha value is -1.32. The van der Waals surface area contributed by atoms with Crippen molar-refractivity contribution in [3.63, 3.8) is 0 Å². The molecule has 2 aliphatic carbocycles. The van der Waals surface area contributed by atoms with Crippen LogP contribution in [0.5, 0.6) is 0 Å². The molecule has 1 unspecified atom stereocenters. The summed E-state index contributed by atoms with van der Waals surface area (Å²) >= 11 is 0. The van der Waals surface area contributed by atoms with Crippen LogP contribution in [-0.4, -0.2) is 11.7 Å². The molecule has 1 atom stereocenters. The first-order chi connectivity index (χ1) is 7.68. The number of nitrogens with zero attached hydrogens (tertiary/aromatic N) is 1. The minimum atomic E-state index is -0.587. The van der Waals surface area contributed by atoms with Crippen LogP contribution in [0, 0.1) is 5.92 Å². The number of amides is 2. The standard InChI is InChI=1S/C12H19N3O/c1-8-10-5-3-2-4-9(10)6-7-11(8)14-15-12(13)16/h9H,2-7H2,1H3,(H3,13,15,16). The lowest BCUT2D eigenvalue weighted by Crippen LogP contribution is -2.28. The average molecular weight is 221 g/mol. The molecule has 0 aliphatic heterocycles. The van der Waals surface area contributed by atoms with E-state index >= 15 is 0 Å². The summed E-state index contributed by atoms with van der Waals surface area (Å²) in [6.45, 7) is 2.12. The minimum Gasteiger partial charge on any atom is -0.350 e. The second-order valence-electron chi connectivity index (χ2n) is 4.67. The Bertz CT molecular complexity index is 357. The van der Waals surface area contributed by atoms with Crippen LogP contribution in [0.1, 0.15) is 45.4 Å². The van der Waals surface area contributed by atoms with E-state index in [1.165, 1.54) is 37.7 Å². The average Bonchev–Trinajstić information content (AvgIpc) is 2.28. The molecule has 4 nitrogen and oxygen atoms in total. The molecule has 3 N–H and O–H groups in total. The van der Waals surface area contributed by atoms with Crippen molar-refractivity contribution in [2.24, 2.45) is 16.8 Å². The molecule has 0 radical (unpaired) electrons. The van der Waals surface area contributed by atoms with Gasteiger partial charge in [0.05, 0.1) is 5.71 Å². The van der Waals surface area contributed by atoms with Gasteiger partial charge >= 0.3 is 6.03 Å². The van der Waals surface area contributed by atoms with E-state index in [2.05, 4.69) is 17.5 Å². The summed E-state index contributed by atoms with van der Waals surface area (Å²) in [5.74, 6) is 0.765. The van der Waals surface area contributed by atoms with E-state index < -0.39 is 6.03 Å². The van der Waals surface area contributed by atoms with Crippen LogP contribution in [-0.2, 0) is 0 Å². The zero-order chi connectivity index (χ0) is 11.5. The highest BCUT2D eigenvalue weighted by molar-refractivity contribution is 6.01. The number of allylic oxidation sites excluding steroid dienone is 2. The number of nitrogens with one attached hydrogen (secondary N) is 1. The van der Waals surface area contributed by atoms with E-state index in [0.717, 1.165) is 18.1 Å². The lowest BCUT2D eigenvalue weighted by atomic mass is 9.74. The Morgan fingerprint density at radius 3 is 2.94 bits per heavy atom. The fraction of sp³-hybridized carbons (Fsp3) is 0.667. The first kappa shape index (κ1) is 11.2. The van der Waals surface area contributed by atoms with Crippen LogP contribution < -0.4 is 11.2 Å². The predicted octanol–water partition coefficient (Wildman–Crippen LogP) is 2.31. The Morgan fingerprint density at radius 2 is 2.19 bits per heavy atom. The molecule has 4 heteroatoms. The Morgan fingerprint density at radius 1 is 1.38 bits per heavy atom. The third-order valence-corrected chi connectivity index (χ3v) is 3.69. The summed E-state index contributed by atoms with van der Waals surface area (Å²) < 4.78 is 0. The molecule has 0 bridgehead atoms. The van der Waals surface area contributed by atoms with Crippen molar-refractivity contribution in [3.8, 4) is 0 Å². The lowest BCUT2D eigenvalue weighted by Gasteiger charge is -2.32. The van der Waals surface area contributed by atoms with Crippen LogP contribution in [0.2, 0.25) is 0 Å². The number of hydrazone groups is 1. The van der Waals surface area contributed by atoms with Gasteiger partial charge in [0.25, 0.3) is 0 Å². The number of hydrogen-bond donors (Lipinski definition) is 2. The summed E-state index contributed by atoms with van der Waals surface area (Å²) in [5, 5.41) is 4.09. The summed E-state index contributed by atoms with van der Waals surface area (Å²) in [5.41, 5.74) is 11.2. The molecular weight excluding hydrogens is 202 g/mol. The van der Waals surface area contributed by atoms with E-state index in [1.807, 2.05) is 0 Å². The van der Waals surface area contributed by atoms with E-state index in [0.29, 0.717) is 0 Å². The van der Waals surface area contributed by atoms with Crippen LogP contribution in [0.4, 0.5) is 4.79 Å². The molecule has 2 rings (SSSR count). The number of nitrogens with two attached hydrogens (primary N) is 1. The van der Waals surface area contributed by atoms with Gasteiger partial charge in [-0.25, -0.2) is 10.2 Å². The smallest absolute Gasteiger partial charge is 0.332 e. The highest BCUT2D eigenvalue weighted by atomic mass is 16.2.